The Morgan fingerprint density at radius 3 is 2.89 bits per heavy atom. The van der Waals surface area contributed by atoms with Crippen molar-refractivity contribution in [2.24, 2.45) is 0 Å². The Morgan fingerprint density at radius 2 is 2.17 bits per heavy atom. The number of nitrogens with zero attached hydrogens (tertiary/aromatic N) is 1. The maximum atomic E-state index is 12.0. The SMILES string of the molecule is O=C(NC1CCCC1)c1csc(-c2cccs2)n1. The smallest absolute Gasteiger partial charge is 0.270 e. The van der Waals surface area contributed by atoms with Gasteiger partial charge in [-0.2, -0.15) is 0 Å². The maximum absolute atomic E-state index is 12.0. The van der Waals surface area contributed by atoms with E-state index in [9.17, 15) is 4.79 Å². The predicted molar refractivity (Wildman–Crippen MR) is 75.1 cm³/mol. The van der Waals surface area contributed by atoms with Crippen LogP contribution in [0.4, 0.5) is 0 Å². The molecule has 0 radical (unpaired) electrons. The van der Waals surface area contributed by atoms with E-state index >= 15 is 0 Å². The van der Waals surface area contributed by atoms with Crippen molar-refractivity contribution in [2.75, 3.05) is 0 Å². The Kier molecular flexibility index (Phi) is 3.43. The Bertz CT molecular complexity index is 527. The van der Waals surface area contributed by atoms with E-state index in [4.69, 9.17) is 0 Å². The Balaban J connectivity index is 1.70. The molecule has 2 aromatic rings. The third-order valence-electron chi connectivity index (χ3n) is 3.16. The summed E-state index contributed by atoms with van der Waals surface area (Å²) < 4.78 is 0. The van der Waals surface area contributed by atoms with Crippen LogP contribution in [0.1, 0.15) is 36.2 Å². The second-order valence-electron chi connectivity index (χ2n) is 4.47. The van der Waals surface area contributed by atoms with Crippen LogP contribution in [-0.4, -0.2) is 16.9 Å². The van der Waals surface area contributed by atoms with Crippen LogP contribution in [0.25, 0.3) is 9.88 Å². The molecule has 0 aromatic carbocycles. The summed E-state index contributed by atoms with van der Waals surface area (Å²) in [7, 11) is 0. The summed E-state index contributed by atoms with van der Waals surface area (Å²) in [6, 6.07) is 4.38. The molecule has 0 aliphatic heterocycles. The zero-order valence-corrected chi connectivity index (χ0v) is 11.5. The van der Waals surface area contributed by atoms with Gasteiger partial charge in [0.25, 0.3) is 5.91 Å². The minimum absolute atomic E-state index is 0.0269. The summed E-state index contributed by atoms with van der Waals surface area (Å²) in [4.78, 5) is 17.6. The van der Waals surface area contributed by atoms with E-state index in [0.717, 1.165) is 22.7 Å². The van der Waals surface area contributed by atoms with Crippen LogP contribution in [0.5, 0.6) is 0 Å². The number of hydrogen-bond acceptors (Lipinski definition) is 4. The molecule has 1 amide bonds. The first-order valence-electron chi connectivity index (χ1n) is 6.13. The molecule has 5 heteroatoms. The zero-order valence-electron chi connectivity index (χ0n) is 9.89. The van der Waals surface area contributed by atoms with Crippen LogP contribution in [0, 0.1) is 0 Å². The summed E-state index contributed by atoms with van der Waals surface area (Å²) >= 11 is 3.18. The second kappa shape index (κ2) is 5.20. The van der Waals surface area contributed by atoms with Crippen LogP contribution in [-0.2, 0) is 0 Å². The van der Waals surface area contributed by atoms with Crippen molar-refractivity contribution < 1.29 is 4.79 Å². The van der Waals surface area contributed by atoms with Gasteiger partial charge < -0.3 is 5.32 Å². The van der Waals surface area contributed by atoms with E-state index in [2.05, 4.69) is 10.3 Å². The van der Waals surface area contributed by atoms with Crippen molar-refractivity contribution in [3.8, 4) is 9.88 Å². The van der Waals surface area contributed by atoms with Gasteiger partial charge in [0.2, 0.25) is 0 Å². The molecule has 18 heavy (non-hydrogen) atoms. The monoisotopic (exact) mass is 278 g/mol. The summed E-state index contributed by atoms with van der Waals surface area (Å²) in [5, 5.41) is 7.86. The lowest BCUT2D eigenvalue weighted by Gasteiger charge is -2.09. The fraction of sp³-hybridized carbons (Fsp3) is 0.385. The Morgan fingerprint density at radius 1 is 1.33 bits per heavy atom. The number of amides is 1. The van der Waals surface area contributed by atoms with Gasteiger partial charge in [0.15, 0.2) is 0 Å². The van der Waals surface area contributed by atoms with Crippen molar-refractivity contribution in [2.45, 2.75) is 31.7 Å². The summed E-state index contributed by atoms with van der Waals surface area (Å²) in [5.74, 6) is -0.0269. The number of rotatable bonds is 3. The zero-order chi connectivity index (χ0) is 12.4. The van der Waals surface area contributed by atoms with Gasteiger partial charge in [-0.15, -0.1) is 22.7 Å². The highest BCUT2D eigenvalue weighted by atomic mass is 32.1. The molecule has 1 N–H and O–H groups in total. The largest absolute Gasteiger partial charge is 0.348 e. The van der Waals surface area contributed by atoms with E-state index in [-0.39, 0.29) is 5.91 Å². The van der Waals surface area contributed by atoms with Crippen LogP contribution < -0.4 is 5.32 Å². The van der Waals surface area contributed by atoms with Gasteiger partial charge >= 0.3 is 0 Å². The highest BCUT2D eigenvalue weighted by Gasteiger charge is 2.19. The normalized spacial score (nSPS) is 16.0. The number of thiophene rings is 1. The van der Waals surface area contributed by atoms with E-state index < -0.39 is 0 Å². The maximum Gasteiger partial charge on any atom is 0.270 e. The highest BCUT2D eigenvalue weighted by molar-refractivity contribution is 7.20. The number of carbonyl (C=O) groups excluding carboxylic acids is 1. The molecule has 0 atom stereocenters. The van der Waals surface area contributed by atoms with Crippen molar-refractivity contribution >= 4 is 28.6 Å². The summed E-state index contributed by atoms with van der Waals surface area (Å²) in [5.41, 5.74) is 0.551. The molecule has 0 unspecified atom stereocenters. The van der Waals surface area contributed by atoms with Crippen molar-refractivity contribution in [1.29, 1.82) is 0 Å². The van der Waals surface area contributed by atoms with Crippen molar-refractivity contribution in [1.82, 2.24) is 10.3 Å². The molecule has 3 rings (SSSR count). The predicted octanol–water partition coefficient (Wildman–Crippen LogP) is 3.54. The summed E-state index contributed by atoms with van der Waals surface area (Å²) in [6.45, 7) is 0. The fourth-order valence-corrected chi connectivity index (χ4v) is 3.84. The lowest BCUT2D eigenvalue weighted by Crippen LogP contribution is -2.32. The average molecular weight is 278 g/mol. The van der Waals surface area contributed by atoms with Gasteiger partial charge in [-0.05, 0) is 24.3 Å². The molecule has 3 nitrogen and oxygen atoms in total. The lowest BCUT2D eigenvalue weighted by atomic mass is 10.2. The van der Waals surface area contributed by atoms with E-state index in [1.165, 1.54) is 24.2 Å². The average Bonchev–Trinajstić information content (AvgIpc) is 3.11. The van der Waals surface area contributed by atoms with Crippen molar-refractivity contribution in [3.05, 3.63) is 28.6 Å². The van der Waals surface area contributed by atoms with Gasteiger partial charge in [-0.3, -0.25) is 4.79 Å². The fourth-order valence-electron chi connectivity index (χ4n) is 2.22. The van der Waals surface area contributed by atoms with Crippen LogP contribution in [0.3, 0.4) is 0 Å². The molecule has 2 aromatic heterocycles. The highest BCUT2D eigenvalue weighted by Crippen LogP contribution is 2.28. The first-order valence-corrected chi connectivity index (χ1v) is 7.89. The van der Waals surface area contributed by atoms with Crippen LogP contribution in [0.2, 0.25) is 0 Å². The van der Waals surface area contributed by atoms with Gasteiger partial charge in [-0.1, -0.05) is 18.9 Å². The molecule has 2 heterocycles. The van der Waals surface area contributed by atoms with E-state index in [0.29, 0.717) is 11.7 Å². The molecular formula is C13H14N2OS2. The molecule has 94 valence electrons. The molecule has 0 bridgehead atoms. The van der Waals surface area contributed by atoms with Crippen LogP contribution >= 0.6 is 22.7 Å². The van der Waals surface area contributed by atoms with E-state index in [1.54, 1.807) is 11.3 Å². The molecule has 0 saturated heterocycles. The van der Waals surface area contributed by atoms with Gasteiger partial charge in [-0.25, -0.2) is 4.98 Å². The molecule has 0 spiro atoms. The number of carbonyl (C=O) groups is 1. The van der Waals surface area contributed by atoms with Crippen LogP contribution in [0.15, 0.2) is 22.9 Å². The number of aromatic nitrogens is 1. The van der Waals surface area contributed by atoms with Gasteiger partial charge in [0, 0.05) is 11.4 Å². The first-order chi connectivity index (χ1) is 8.83. The number of hydrogen-bond donors (Lipinski definition) is 1. The quantitative estimate of drug-likeness (QED) is 0.933. The van der Waals surface area contributed by atoms with Gasteiger partial charge in [0.1, 0.15) is 10.7 Å². The second-order valence-corrected chi connectivity index (χ2v) is 6.28. The minimum atomic E-state index is -0.0269. The third-order valence-corrected chi connectivity index (χ3v) is 5.04. The third kappa shape index (κ3) is 2.47. The lowest BCUT2D eigenvalue weighted by molar-refractivity contribution is 0.0933. The standard InChI is InChI=1S/C13H14N2OS2/c16-12(14-9-4-1-2-5-9)10-8-18-13(15-10)11-6-3-7-17-11/h3,6-9H,1-2,4-5H2,(H,14,16). The van der Waals surface area contributed by atoms with E-state index in [1.807, 2.05) is 22.9 Å². The Labute approximate surface area is 114 Å². The summed E-state index contributed by atoms with van der Waals surface area (Å²) in [6.07, 6.45) is 4.66. The molecule has 1 aliphatic carbocycles. The van der Waals surface area contributed by atoms with Gasteiger partial charge in [0.05, 0.1) is 4.88 Å². The Hall–Kier alpha value is -1.20. The topological polar surface area (TPSA) is 42.0 Å². The molecular weight excluding hydrogens is 264 g/mol. The number of thiazole rings is 1. The minimum Gasteiger partial charge on any atom is -0.348 e. The molecule has 1 fully saturated rings. The molecule has 1 saturated carbocycles. The first kappa shape index (κ1) is 11.9. The molecule has 1 aliphatic rings. The number of nitrogens with one attached hydrogen (secondary N) is 1. The van der Waals surface area contributed by atoms with Crippen molar-refractivity contribution in [3.63, 3.8) is 0 Å².